The molecule has 1 aromatic heterocycles. The number of pyridine rings is 1. The van der Waals surface area contributed by atoms with Crippen LogP contribution in [0, 0.1) is 11.3 Å². The van der Waals surface area contributed by atoms with Gasteiger partial charge in [-0.25, -0.2) is 4.79 Å². The molecule has 5 heteroatoms. The van der Waals surface area contributed by atoms with Gasteiger partial charge in [-0.2, -0.15) is 0 Å². The molecule has 0 saturated carbocycles. The number of amides is 2. The monoisotopic (exact) mass is 293 g/mol. The zero-order valence-electron chi connectivity index (χ0n) is 13.4. The average molecular weight is 293 g/mol. The van der Waals surface area contributed by atoms with E-state index in [0.717, 1.165) is 12.0 Å². The van der Waals surface area contributed by atoms with Gasteiger partial charge in [0.1, 0.15) is 0 Å². The first-order chi connectivity index (χ1) is 9.83. The fourth-order valence-corrected chi connectivity index (χ4v) is 2.24. The van der Waals surface area contributed by atoms with Crippen LogP contribution in [0.4, 0.5) is 4.79 Å². The number of carbonyl (C=O) groups is 1. The van der Waals surface area contributed by atoms with Crippen molar-refractivity contribution in [3.63, 3.8) is 0 Å². The van der Waals surface area contributed by atoms with Crippen molar-refractivity contribution in [3.05, 3.63) is 30.1 Å². The summed E-state index contributed by atoms with van der Waals surface area (Å²) in [6.45, 7) is 8.84. The highest BCUT2D eigenvalue weighted by Gasteiger charge is 2.30. The molecule has 118 valence electrons. The quantitative estimate of drug-likeness (QED) is 0.719. The van der Waals surface area contributed by atoms with Crippen LogP contribution >= 0.6 is 0 Å². The van der Waals surface area contributed by atoms with Crippen LogP contribution in [0.15, 0.2) is 24.5 Å². The van der Waals surface area contributed by atoms with Crippen LogP contribution in [-0.2, 0) is 6.42 Å². The summed E-state index contributed by atoms with van der Waals surface area (Å²) in [5.74, 6) is 0.162. The van der Waals surface area contributed by atoms with Crippen molar-refractivity contribution < 1.29 is 9.90 Å². The highest BCUT2D eigenvalue weighted by atomic mass is 16.3. The van der Waals surface area contributed by atoms with Crippen molar-refractivity contribution in [2.24, 2.45) is 11.3 Å². The van der Waals surface area contributed by atoms with Crippen molar-refractivity contribution >= 4 is 6.03 Å². The smallest absolute Gasteiger partial charge is 0.314 e. The number of aromatic nitrogens is 1. The Labute approximate surface area is 127 Å². The summed E-state index contributed by atoms with van der Waals surface area (Å²) >= 11 is 0. The third-order valence-electron chi connectivity index (χ3n) is 3.56. The van der Waals surface area contributed by atoms with E-state index in [2.05, 4.69) is 15.6 Å². The van der Waals surface area contributed by atoms with Crippen molar-refractivity contribution in [3.8, 4) is 0 Å². The molecule has 0 spiro atoms. The van der Waals surface area contributed by atoms with Crippen LogP contribution in [0.5, 0.6) is 0 Å². The van der Waals surface area contributed by atoms with Gasteiger partial charge in [0.25, 0.3) is 0 Å². The molecule has 0 unspecified atom stereocenters. The average Bonchev–Trinajstić information content (AvgIpc) is 2.45. The molecule has 0 radical (unpaired) electrons. The predicted molar refractivity (Wildman–Crippen MR) is 84.0 cm³/mol. The number of carbonyl (C=O) groups excluding carboxylic acids is 1. The minimum Gasteiger partial charge on any atom is -0.392 e. The lowest BCUT2D eigenvalue weighted by atomic mass is 9.81. The van der Waals surface area contributed by atoms with Gasteiger partial charge in [-0.1, -0.05) is 33.8 Å². The summed E-state index contributed by atoms with van der Waals surface area (Å²) in [4.78, 5) is 15.8. The molecule has 1 heterocycles. The van der Waals surface area contributed by atoms with E-state index in [0.29, 0.717) is 13.1 Å². The van der Waals surface area contributed by atoms with E-state index in [1.807, 2.05) is 39.8 Å². The molecule has 3 N–H and O–H groups in total. The molecule has 1 rings (SSSR count). The maximum Gasteiger partial charge on any atom is 0.314 e. The molecule has 0 aliphatic carbocycles. The molecule has 0 fully saturated rings. The predicted octanol–water partition coefficient (Wildman–Crippen LogP) is 1.97. The van der Waals surface area contributed by atoms with E-state index < -0.39 is 6.10 Å². The van der Waals surface area contributed by atoms with Crippen molar-refractivity contribution in [2.75, 3.05) is 13.1 Å². The maximum absolute atomic E-state index is 11.8. The fraction of sp³-hybridized carbons (Fsp3) is 0.625. The van der Waals surface area contributed by atoms with E-state index in [4.69, 9.17) is 0 Å². The zero-order valence-corrected chi connectivity index (χ0v) is 13.4. The number of aliphatic hydroxyl groups is 1. The maximum atomic E-state index is 11.8. The highest BCUT2D eigenvalue weighted by molar-refractivity contribution is 5.73. The zero-order chi connectivity index (χ0) is 15.9. The second-order valence-corrected chi connectivity index (χ2v) is 6.40. The molecular weight excluding hydrogens is 266 g/mol. The lowest BCUT2D eigenvalue weighted by molar-refractivity contribution is 0.0151. The van der Waals surface area contributed by atoms with Crippen LogP contribution in [0.2, 0.25) is 0 Å². The Bertz CT molecular complexity index is 432. The number of rotatable bonds is 7. The summed E-state index contributed by atoms with van der Waals surface area (Å²) in [6.07, 6.45) is 3.82. The second-order valence-electron chi connectivity index (χ2n) is 6.40. The lowest BCUT2D eigenvalue weighted by Crippen LogP contribution is -2.46. The van der Waals surface area contributed by atoms with Gasteiger partial charge in [0, 0.05) is 30.9 Å². The molecule has 2 amide bonds. The number of hydrogen-bond donors (Lipinski definition) is 3. The molecule has 5 nitrogen and oxygen atoms in total. The van der Waals surface area contributed by atoms with Gasteiger partial charge in [0.05, 0.1) is 6.10 Å². The summed E-state index contributed by atoms with van der Waals surface area (Å²) in [5, 5.41) is 15.7. The van der Waals surface area contributed by atoms with Crippen LogP contribution in [-0.4, -0.2) is 35.3 Å². The number of nitrogens with zero attached hydrogens (tertiary/aromatic N) is 1. The summed E-state index contributed by atoms with van der Waals surface area (Å²) < 4.78 is 0. The van der Waals surface area contributed by atoms with E-state index in [1.54, 1.807) is 12.4 Å². The minimum atomic E-state index is -0.451. The Kier molecular flexibility index (Phi) is 6.62. The molecule has 1 atom stereocenters. The number of hydrogen-bond acceptors (Lipinski definition) is 3. The van der Waals surface area contributed by atoms with E-state index in [-0.39, 0.29) is 17.4 Å². The van der Waals surface area contributed by atoms with Gasteiger partial charge in [0.2, 0.25) is 0 Å². The van der Waals surface area contributed by atoms with Gasteiger partial charge in [-0.15, -0.1) is 0 Å². The van der Waals surface area contributed by atoms with Gasteiger partial charge in [0.15, 0.2) is 0 Å². The van der Waals surface area contributed by atoms with Crippen molar-refractivity contribution in [1.29, 1.82) is 0 Å². The molecule has 0 saturated heterocycles. The van der Waals surface area contributed by atoms with Gasteiger partial charge >= 0.3 is 6.03 Å². The van der Waals surface area contributed by atoms with Crippen LogP contribution in [0.1, 0.15) is 33.3 Å². The summed E-state index contributed by atoms with van der Waals surface area (Å²) in [5.41, 5.74) is 0.739. The number of urea groups is 1. The molecule has 0 aliphatic rings. The van der Waals surface area contributed by atoms with Crippen molar-refractivity contribution in [1.82, 2.24) is 15.6 Å². The summed E-state index contributed by atoms with van der Waals surface area (Å²) in [7, 11) is 0. The van der Waals surface area contributed by atoms with Crippen LogP contribution in [0.3, 0.4) is 0 Å². The lowest BCUT2D eigenvalue weighted by Gasteiger charge is -2.33. The Morgan fingerprint density at radius 1 is 1.38 bits per heavy atom. The first-order valence-electron chi connectivity index (χ1n) is 7.41. The van der Waals surface area contributed by atoms with Gasteiger partial charge in [-0.3, -0.25) is 4.98 Å². The Morgan fingerprint density at radius 3 is 2.67 bits per heavy atom. The molecule has 1 aromatic rings. The topological polar surface area (TPSA) is 74.2 Å². The first-order valence-corrected chi connectivity index (χ1v) is 7.41. The summed E-state index contributed by atoms with van der Waals surface area (Å²) in [6, 6.07) is 3.66. The normalized spacial score (nSPS) is 13.0. The number of aliphatic hydroxyl groups excluding tert-OH is 1. The standard InChI is InChI=1S/C16H27N3O2/c1-12(2)14(20)16(3,4)11-19-15(21)18-9-7-13-6-5-8-17-10-13/h5-6,8,10,12,14,20H,7,9,11H2,1-4H3,(H2,18,19,21)/t14-/m1/s1. The van der Waals surface area contributed by atoms with Gasteiger partial charge < -0.3 is 15.7 Å². The third-order valence-corrected chi connectivity index (χ3v) is 3.56. The SMILES string of the molecule is CC(C)[C@@H](O)C(C)(C)CNC(=O)NCCc1cccnc1. The Hall–Kier alpha value is -1.62. The first kappa shape index (κ1) is 17.4. The molecular formula is C16H27N3O2. The van der Waals surface area contributed by atoms with E-state index in [9.17, 15) is 9.90 Å². The second kappa shape index (κ2) is 7.98. The third kappa shape index (κ3) is 6.12. The van der Waals surface area contributed by atoms with E-state index in [1.165, 1.54) is 0 Å². The van der Waals surface area contributed by atoms with E-state index >= 15 is 0 Å². The molecule has 21 heavy (non-hydrogen) atoms. The highest BCUT2D eigenvalue weighted by Crippen LogP contribution is 2.24. The fourth-order valence-electron chi connectivity index (χ4n) is 2.24. The van der Waals surface area contributed by atoms with Crippen LogP contribution in [0.25, 0.3) is 0 Å². The minimum absolute atomic E-state index is 0.162. The van der Waals surface area contributed by atoms with Crippen LogP contribution < -0.4 is 10.6 Å². The largest absolute Gasteiger partial charge is 0.392 e. The number of nitrogens with one attached hydrogen (secondary N) is 2. The molecule has 0 bridgehead atoms. The van der Waals surface area contributed by atoms with Crippen molar-refractivity contribution in [2.45, 2.75) is 40.2 Å². The molecule has 0 aromatic carbocycles. The molecule has 0 aliphatic heterocycles. The Balaban J connectivity index is 2.28. The van der Waals surface area contributed by atoms with Gasteiger partial charge in [-0.05, 0) is 24.0 Å². The Morgan fingerprint density at radius 2 is 2.10 bits per heavy atom.